The fourth-order valence-corrected chi connectivity index (χ4v) is 3.21. The summed E-state index contributed by atoms with van der Waals surface area (Å²) in [7, 11) is 0. The predicted octanol–water partition coefficient (Wildman–Crippen LogP) is 4.91. The summed E-state index contributed by atoms with van der Waals surface area (Å²) in [6.45, 7) is 2.26. The van der Waals surface area contributed by atoms with Crippen molar-refractivity contribution in [2.45, 2.75) is 13.5 Å². The number of carbonyl (C=O) groups is 1. The molecule has 2 heterocycles. The zero-order valence-corrected chi connectivity index (χ0v) is 16.1. The summed E-state index contributed by atoms with van der Waals surface area (Å²) in [5.74, 6) is -0.0907. The van der Waals surface area contributed by atoms with E-state index in [1.807, 2.05) is 24.3 Å². The molecule has 2 aromatic carbocycles. The Morgan fingerprint density at radius 2 is 1.97 bits per heavy atom. The Morgan fingerprint density at radius 3 is 2.73 bits per heavy atom. The van der Waals surface area contributed by atoms with Crippen molar-refractivity contribution in [1.82, 2.24) is 4.98 Å². The summed E-state index contributed by atoms with van der Waals surface area (Å²) in [5, 5.41) is 18.1. The van der Waals surface area contributed by atoms with Crippen LogP contribution in [0.15, 0.2) is 71.3 Å². The molecule has 0 aliphatic rings. The van der Waals surface area contributed by atoms with E-state index >= 15 is 0 Å². The maximum atomic E-state index is 12.2. The van der Waals surface area contributed by atoms with Gasteiger partial charge in [0.1, 0.15) is 0 Å². The molecule has 0 atom stereocenters. The predicted molar refractivity (Wildman–Crippen MR) is 114 cm³/mol. The van der Waals surface area contributed by atoms with Gasteiger partial charge >= 0.3 is 0 Å². The van der Waals surface area contributed by atoms with Crippen LogP contribution in [0.4, 0.5) is 17.1 Å². The number of furan rings is 1. The van der Waals surface area contributed by atoms with Gasteiger partial charge in [-0.2, -0.15) is 0 Å². The van der Waals surface area contributed by atoms with Crippen molar-refractivity contribution in [3.63, 3.8) is 0 Å². The first-order valence-corrected chi connectivity index (χ1v) is 9.24. The number of anilines is 2. The second-order valence-corrected chi connectivity index (χ2v) is 6.73. The second-order valence-electron chi connectivity index (χ2n) is 6.73. The number of fused-ring (bicyclic) bond motifs is 1. The number of non-ortho nitro benzene ring substituents is 1. The van der Waals surface area contributed by atoms with Gasteiger partial charge in [-0.25, -0.2) is 4.98 Å². The van der Waals surface area contributed by atoms with Crippen molar-refractivity contribution in [1.29, 1.82) is 0 Å². The fraction of sp³-hybridized carbons (Fsp3) is 0.0909. The summed E-state index contributed by atoms with van der Waals surface area (Å²) in [5.41, 5.74) is 3.33. The van der Waals surface area contributed by atoms with E-state index in [1.54, 1.807) is 37.3 Å². The zero-order valence-electron chi connectivity index (χ0n) is 16.1. The van der Waals surface area contributed by atoms with Gasteiger partial charge in [0.05, 0.1) is 11.2 Å². The van der Waals surface area contributed by atoms with Gasteiger partial charge in [-0.15, -0.1) is 0 Å². The maximum Gasteiger partial charge on any atom is 0.295 e. The number of aryl methyl sites for hydroxylation is 1. The van der Waals surface area contributed by atoms with Crippen LogP contribution in [-0.2, 0) is 6.54 Å². The monoisotopic (exact) mass is 402 g/mol. The summed E-state index contributed by atoms with van der Waals surface area (Å²) in [4.78, 5) is 27.4. The lowest BCUT2D eigenvalue weighted by Gasteiger charge is -2.12. The van der Waals surface area contributed by atoms with Gasteiger partial charge in [0.15, 0.2) is 11.3 Å². The number of nitro benzene ring substituents is 1. The molecule has 30 heavy (non-hydrogen) atoms. The molecule has 0 aliphatic carbocycles. The topological polar surface area (TPSA) is 110 Å². The molecule has 4 rings (SSSR count). The Balaban J connectivity index is 1.55. The molecule has 1 amide bonds. The molecule has 0 saturated heterocycles. The zero-order chi connectivity index (χ0) is 21.1. The van der Waals surface area contributed by atoms with E-state index < -0.39 is 4.92 Å². The Bertz CT molecular complexity index is 1240. The van der Waals surface area contributed by atoms with Crippen molar-refractivity contribution in [2.75, 3.05) is 10.6 Å². The molecule has 0 fully saturated rings. The largest absolute Gasteiger partial charge is 0.459 e. The van der Waals surface area contributed by atoms with Gasteiger partial charge in [-0.1, -0.05) is 24.3 Å². The van der Waals surface area contributed by atoms with Gasteiger partial charge in [0.2, 0.25) is 0 Å². The van der Waals surface area contributed by atoms with E-state index in [2.05, 4.69) is 15.6 Å². The Labute approximate surface area is 171 Å². The van der Waals surface area contributed by atoms with Crippen molar-refractivity contribution >= 4 is 33.9 Å². The van der Waals surface area contributed by atoms with Crippen LogP contribution in [0.3, 0.4) is 0 Å². The van der Waals surface area contributed by atoms with Crippen LogP contribution in [0.1, 0.15) is 21.8 Å². The van der Waals surface area contributed by atoms with E-state index in [9.17, 15) is 14.9 Å². The third kappa shape index (κ3) is 3.97. The first-order valence-electron chi connectivity index (χ1n) is 9.24. The van der Waals surface area contributed by atoms with E-state index in [-0.39, 0.29) is 17.4 Å². The molecule has 0 spiro atoms. The van der Waals surface area contributed by atoms with E-state index in [4.69, 9.17) is 4.42 Å². The van der Waals surface area contributed by atoms with Crippen LogP contribution in [0, 0.1) is 17.0 Å². The molecule has 0 aliphatic heterocycles. The molecule has 150 valence electrons. The Kier molecular flexibility index (Phi) is 5.13. The minimum absolute atomic E-state index is 0.0260. The van der Waals surface area contributed by atoms with Crippen LogP contribution in [0.25, 0.3) is 10.9 Å². The Hall–Kier alpha value is -4.20. The van der Waals surface area contributed by atoms with Crippen molar-refractivity contribution in [3.8, 4) is 0 Å². The quantitative estimate of drug-likeness (QED) is 0.350. The highest BCUT2D eigenvalue weighted by molar-refractivity contribution is 6.02. The number of nitrogens with zero attached hydrogens (tertiary/aromatic N) is 2. The minimum atomic E-state index is -0.427. The smallest absolute Gasteiger partial charge is 0.295 e. The number of pyridine rings is 1. The third-order valence-electron chi connectivity index (χ3n) is 4.56. The number of amides is 1. The second kappa shape index (κ2) is 8.04. The van der Waals surface area contributed by atoms with Gasteiger partial charge in [-0.3, -0.25) is 14.9 Å². The lowest BCUT2D eigenvalue weighted by Crippen LogP contribution is -2.11. The molecule has 0 bridgehead atoms. The van der Waals surface area contributed by atoms with Crippen LogP contribution in [0.2, 0.25) is 0 Å². The lowest BCUT2D eigenvalue weighted by molar-refractivity contribution is -0.383. The van der Waals surface area contributed by atoms with Gasteiger partial charge < -0.3 is 15.1 Å². The molecular formula is C22H18N4O4. The molecular weight excluding hydrogens is 384 g/mol. The summed E-state index contributed by atoms with van der Waals surface area (Å²) in [6.07, 6.45) is 1.45. The molecule has 0 saturated carbocycles. The average Bonchev–Trinajstić information content (AvgIpc) is 3.27. The van der Waals surface area contributed by atoms with Crippen LogP contribution in [0.5, 0.6) is 0 Å². The van der Waals surface area contributed by atoms with Gasteiger partial charge in [0, 0.05) is 35.1 Å². The van der Waals surface area contributed by atoms with Crippen LogP contribution >= 0.6 is 0 Å². The first-order chi connectivity index (χ1) is 14.5. The number of hydrogen-bond donors (Lipinski definition) is 2. The number of rotatable bonds is 6. The number of para-hydroxylation sites is 1. The average molecular weight is 402 g/mol. The highest BCUT2D eigenvalue weighted by Gasteiger charge is 2.15. The Morgan fingerprint density at radius 1 is 1.13 bits per heavy atom. The van der Waals surface area contributed by atoms with E-state index in [0.29, 0.717) is 28.8 Å². The minimum Gasteiger partial charge on any atom is -0.459 e. The standard InChI is InChI=1S/C22H18N4O4/c1-14-11-18(17-7-3-8-19(26(28)29)21(17)24-14)23-13-15-5-2-6-16(12-15)25-22(27)20-9-4-10-30-20/h2-12H,13H2,1H3,(H,23,24)(H,25,27). The number of nitrogens with one attached hydrogen (secondary N) is 2. The lowest BCUT2D eigenvalue weighted by atomic mass is 10.1. The molecule has 8 heteroatoms. The third-order valence-corrected chi connectivity index (χ3v) is 4.56. The molecule has 2 N–H and O–H groups in total. The van der Waals surface area contributed by atoms with E-state index in [0.717, 1.165) is 11.3 Å². The fourth-order valence-electron chi connectivity index (χ4n) is 3.21. The molecule has 0 radical (unpaired) electrons. The highest BCUT2D eigenvalue weighted by Crippen LogP contribution is 2.30. The molecule has 2 aromatic heterocycles. The van der Waals surface area contributed by atoms with Gasteiger partial charge in [0.25, 0.3) is 11.6 Å². The number of benzene rings is 2. The summed E-state index contributed by atoms with van der Waals surface area (Å²) in [6, 6.07) is 17.4. The van der Waals surface area contributed by atoms with Crippen molar-refractivity contribution in [3.05, 3.63) is 94.1 Å². The highest BCUT2D eigenvalue weighted by atomic mass is 16.6. The number of hydrogen-bond acceptors (Lipinski definition) is 6. The number of aromatic nitrogens is 1. The first kappa shape index (κ1) is 19.1. The summed E-state index contributed by atoms with van der Waals surface area (Å²) < 4.78 is 5.10. The summed E-state index contributed by atoms with van der Waals surface area (Å²) >= 11 is 0. The molecule has 8 nitrogen and oxygen atoms in total. The van der Waals surface area contributed by atoms with Crippen molar-refractivity contribution < 1.29 is 14.1 Å². The van der Waals surface area contributed by atoms with Gasteiger partial charge in [-0.05, 0) is 42.8 Å². The molecule has 0 unspecified atom stereocenters. The normalized spacial score (nSPS) is 10.7. The number of carbonyl (C=O) groups excluding carboxylic acids is 1. The van der Waals surface area contributed by atoms with E-state index in [1.165, 1.54) is 12.3 Å². The van der Waals surface area contributed by atoms with Crippen LogP contribution < -0.4 is 10.6 Å². The number of nitro groups is 1. The van der Waals surface area contributed by atoms with Crippen LogP contribution in [-0.4, -0.2) is 15.8 Å². The molecule has 4 aromatic rings. The maximum absolute atomic E-state index is 12.2. The van der Waals surface area contributed by atoms with Crippen molar-refractivity contribution in [2.24, 2.45) is 0 Å². The SMILES string of the molecule is Cc1cc(NCc2cccc(NC(=O)c3ccco3)c2)c2cccc([N+](=O)[O-])c2n1.